The molecule has 0 spiro atoms. The molecule has 0 fully saturated rings. The van der Waals surface area contributed by atoms with E-state index < -0.39 is 12.2 Å². The van der Waals surface area contributed by atoms with Gasteiger partial charge in [0, 0.05) is 11.3 Å². The molecule has 0 atom stereocenters. The van der Waals surface area contributed by atoms with Crippen molar-refractivity contribution < 1.29 is 13.6 Å². The lowest BCUT2D eigenvalue weighted by Crippen LogP contribution is -2.10. The third kappa shape index (κ3) is 2.99. The number of carbonyl (C=O) groups excluding carboxylic acids is 1. The second-order valence-electron chi connectivity index (χ2n) is 2.29. The Labute approximate surface area is 80.1 Å². The molecular formula is C8H8ClF2NO. The van der Waals surface area contributed by atoms with E-state index in [1.807, 2.05) is 0 Å². The monoisotopic (exact) mass is 207 g/mol. The molecule has 0 aliphatic rings. The number of ketones is 1. The van der Waals surface area contributed by atoms with E-state index in [0.717, 1.165) is 0 Å². The minimum atomic E-state index is -2.97. The lowest BCUT2D eigenvalue weighted by molar-refractivity contribution is 0.0679. The summed E-state index contributed by atoms with van der Waals surface area (Å²) in [5.74, 6) is -1.19. The number of alkyl halides is 2. The molecule has 0 radical (unpaired) electrons. The van der Waals surface area contributed by atoms with E-state index in [1.165, 1.54) is 24.3 Å². The SMILES string of the molecule is Cl.Nc1cccc(C(=O)C(F)F)c1. The van der Waals surface area contributed by atoms with Crippen LogP contribution in [0.15, 0.2) is 24.3 Å². The summed E-state index contributed by atoms with van der Waals surface area (Å²) in [5.41, 5.74) is 5.56. The molecule has 1 aromatic rings. The molecule has 72 valence electrons. The summed E-state index contributed by atoms with van der Waals surface area (Å²) in [6, 6.07) is 5.53. The van der Waals surface area contributed by atoms with Crippen LogP contribution in [0.4, 0.5) is 14.5 Å². The van der Waals surface area contributed by atoms with Gasteiger partial charge in [-0.1, -0.05) is 12.1 Å². The minimum Gasteiger partial charge on any atom is -0.399 e. The topological polar surface area (TPSA) is 43.1 Å². The molecule has 0 saturated carbocycles. The van der Waals surface area contributed by atoms with Crippen LogP contribution < -0.4 is 5.73 Å². The summed E-state index contributed by atoms with van der Waals surface area (Å²) >= 11 is 0. The average Bonchev–Trinajstić information content (AvgIpc) is 2.03. The zero-order valence-corrected chi connectivity index (χ0v) is 7.35. The Morgan fingerprint density at radius 3 is 2.46 bits per heavy atom. The summed E-state index contributed by atoms with van der Waals surface area (Å²) < 4.78 is 23.7. The van der Waals surface area contributed by atoms with Crippen LogP contribution in [-0.2, 0) is 0 Å². The first kappa shape index (κ1) is 11.8. The van der Waals surface area contributed by atoms with Crippen molar-refractivity contribution in [1.82, 2.24) is 0 Å². The molecular weight excluding hydrogens is 200 g/mol. The highest BCUT2D eigenvalue weighted by atomic mass is 35.5. The third-order valence-electron chi connectivity index (χ3n) is 1.37. The highest BCUT2D eigenvalue weighted by Crippen LogP contribution is 2.10. The van der Waals surface area contributed by atoms with E-state index in [1.54, 1.807) is 0 Å². The van der Waals surface area contributed by atoms with Crippen LogP contribution in [0, 0.1) is 0 Å². The number of hydrogen-bond acceptors (Lipinski definition) is 2. The predicted molar refractivity (Wildman–Crippen MR) is 48.4 cm³/mol. The molecule has 0 amide bonds. The van der Waals surface area contributed by atoms with Crippen molar-refractivity contribution >= 4 is 23.9 Å². The van der Waals surface area contributed by atoms with Gasteiger partial charge in [0.1, 0.15) is 0 Å². The van der Waals surface area contributed by atoms with Crippen molar-refractivity contribution in [3.05, 3.63) is 29.8 Å². The van der Waals surface area contributed by atoms with Crippen LogP contribution in [0.1, 0.15) is 10.4 Å². The molecule has 5 heteroatoms. The first-order valence-corrected chi connectivity index (χ1v) is 3.29. The molecule has 0 unspecified atom stereocenters. The molecule has 0 aliphatic heterocycles. The Morgan fingerprint density at radius 1 is 1.38 bits per heavy atom. The molecule has 1 rings (SSSR count). The summed E-state index contributed by atoms with van der Waals surface area (Å²) in [7, 11) is 0. The van der Waals surface area contributed by atoms with Gasteiger partial charge >= 0.3 is 6.43 Å². The lowest BCUT2D eigenvalue weighted by Gasteiger charge is -1.99. The number of anilines is 1. The maximum absolute atomic E-state index is 11.9. The van der Waals surface area contributed by atoms with Gasteiger partial charge in [0.15, 0.2) is 0 Å². The molecule has 0 aromatic heterocycles. The van der Waals surface area contributed by atoms with Crippen LogP contribution in [0.2, 0.25) is 0 Å². The smallest absolute Gasteiger partial charge is 0.300 e. The molecule has 0 aliphatic carbocycles. The fourth-order valence-corrected chi connectivity index (χ4v) is 0.818. The summed E-state index contributed by atoms with van der Waals surface area (Å²) in [6.45, 7) is 0. The van der Waals surface area contributed by atoms with Crippen molar-refractivity contribution in [3.8, 4) is 0 Å². The van der Waals surface area contributed by atoms with E-state index in [4.69, 9.17) is 5.73 Å². The van der Waals surface area contributed by atoms with Crippen molar-refractivity contribution in [3.63, 3.8) is 0 Å². The van der Waals surface area contributed by atoms with Crippen molar-refractivity contribution in [2.24, 2.45) is 0 Å². The Kier molecular flexibility index (Phi) is 4.34. The van der Waals surface area contributed by atoms with Crippen molar-refractivity contribution in [2.75, 3.05) is 5.73 Å². The number of rotatable bonds is 2. The standard InChI is InChI=1S/C8H7F2NO.ClH/c9-8(10)7(12)5-2-1-3-6(11)4-5;/h1-4,8H,11H2;1H. The van der Waals surface area contributed by atoms with Gasteiger partial charge in [0.05, 0.1) is 0 Å². The zero-order valence-electron chi connectivity index (χ0n) is 6.54. The van der Waals surface area contributed by atoms with Crippen molar-refractivity contribution in [2.45, 2.75) is 6.43 Å². The van der Waals surface area contributed by atoms with Gasteiger partial charge in [0.2, 0.25) is 5.78 Å². The van der Waals surface area contributed by atoms with Gasteiger partial charge in [-0.3, -0.25) is 4.79 Å². The maximum Gasteiger partial charge on any atom is 0.300 e. The fraction of sp³-hybridized carbons (Fsp3) is 0.125. The highest BCUT2D eigenvalue weighted by molar-refractivity contribution is 5.99. The first-order valence-electron chi connectivity index (χ1n) is 3.29. The number of carbonyl (C=O) groups is 1. The quantitative estimate of drug-likeness (QED) is 0.597. The number of Topliss-reactive ketones (excluding diaryl/α,β-unsaturated/α-hetero) is 1. The zero-order chi connectivity index (χ0) is 9.14. The molecule has 0 heterocycles. The van der Waals surface area contributed by atoms with Gasteiger partial charge in [-0.05, 0) is 12.1 Å². The van der Waals surface area contributed by atoms with Crippen LogP contribution in [-0.4, -0.2) is 12.2 Å². The second-order valence-corrected chi connectivity index (χ2v) is 2.29. The Balaban J connectivity index is 0.00000144. The van der Waals surface area contributed by atoms with E-state index in [-0.39, 0.29) is 18.0 Å². The Bertz CT molecular complexity index is 304. The summed E-state index contributed by atoms with van der Waals surface area (Å²) in [6.07, 6.45) is -2.97. The van der Waals surface area contributed by atoms with Gasteiger partial charge in [-0.15, -0.1) is 12.4 Å². The van der Waals surface area contributed by atoms with E-state index in [2.05, 4.69) is 0 Å². The normalized spacial score (nSPS) is 9.46. The molecule has 13 heavy (non-hydrogen) atoms. The van der Waals surface area contributed by atoms with Crippen LogP contribution in [0.25, 0.3) is 0 Å². The lowest BCUT2D eigenvalue weighted by atomic mass is 10.1. The van der Waals surface area contributed by atoms with E-state index in [0.29, 0.717) is 5.69 Å². The van der Waals surface area contributed by atoms with E-state index in [9.17, 15) is 13.6 Å². The predicted octanol–water partition coefficient (Wildman–Crippen LogP) is 2.14. The van der Waals surface area contributed by atoms with E-state index >= 15 is 0 Å². The van der Waals surface area contributed by atoms with Gasteiger partial charge < -0.3 is 5.73 Å². The highest BCUT2D eigenvalue weighted by Gasteiger charge is 2.17. The fourth-order valence-electron chi connectivity index (χ4n) is 0.818. The molecule has 2 nitrogen and oxygen atoms in total. The van der Waals surface area contributed by atoms with Crippen LogP contribution >= 0.6 is 12.4 Å². The average molecular weight is 208 g/mol. The molecule has 0 saturated heterocycles. The first-order chi connectivity index (χ1) is 5.61. The Morgan fingerprint density at radius 2 is 2.00 bits per heavy atom. The number of nitrogens with two attached hydrogens (primary N) is 1. The maximum atomic E-state index is 11.9. The largest absolute Gasteiger partial charge is 0.399 e. The van der Waals surface area contributed by atoms with Gasteiger partial charge in [-0.25, -0.2) is 8.78 Å². The minimum absolute atomic E-state index is 0. The summed E-state index contributed by atoms with van der Waals surface area (Å²) in [4.78, 5) is 10.7. The summed E-state index contributed by atoms with van der Waals surface area (Å²) in [5, 5.41) is 0. The van der Waals surface area contributed by atoms with Crippen LogP contribution in [0.5, 0.6) is 0 Å². The van der Waals surface area contributed by atoms with Crippen molar-refractivity contribution in [1.29, 1.82) is 0 Å². The molecule has 0 bridgehead atoms. The third-order valence-corrected chi connectivity index (χ3v) is 1.37. The number of hydrogen-bond donors (Lipinski definition) is 1. The number of halogens is 3. The number of benzene rings is 1. The molecule has 2 N–H and O–H groups in total. The van der Waals surface area contributed by atoms with Crippen LogP contribution in [0.3, 0.4) is 0 Å². The number of nitrogen functional groups attached to an aromatic ring is 1. The Hall–Kier alpha value is -1.16. The molecule has 1 aromatic carbocycles. The van der Waals surface area contributed by atoms with Gasteiger partial charge in [0.25, 0.3) is 0 Å². The van der Waals surface area contributed by atoms with Gasteiger partial charge in [-0.2, -0.15) is 0 Å². The second kappa shape index (κ2) is 4.77.